The van der Waals surface area contributed by atoms with Gasteiger partial charge in [-0.1, -0.05) is 6.07 Å². The molecule has 0 saturated heterocycles. The molecule has 2 heterocycles. The Hall–Kier alpha value is -0.610. The normalized spacial score (nSPS) is 9.00. The molecule has 0 atom stereocenters. The smallest absolute Gasteiger partial charge is 0.0302 e. The number of thiophene rings is 1. The molecule has 2 rings (SSSR count). The Morgan fingerprint density at radius 3 is 2.44 bits per heavy atom. The summed E-state index contributed by atoms with van der Waals surface area (Å²) in [5.41, 5.74) is 1.27. The molecular formula is C11H14Cl2N2S. The highest BCUT2D eigenvalue weighted by Crippen LogP contribution is 2.07. The van der Waals surface area contributed by atoms with Gasteiger partial charge < -0.3 is 5.32 Å². The first-order valence-corrected chi connectivity index (χ1v) is 5.45. The Balaban J connectivity index is 0.00000112. The molecule has 0 fully saturated rings. The second kappa shape index (κ2) is 8.53. The largest absolute Gasteiger partial charge is 0.308 e. The lowest BCUT2D eigenvalue weighted by Crippen LogP contribution is -2.11. The van der Waals surface area contributed by atoms with E-state index in [2.05, 4.69) is 27.8 Å². The number of hydrogen-bond donors (Lipinski definition) is 1. The van der Waals surface area contributed by atoms with Crippen LogP contribution in [-0.2, 0) is 13.1 Å². The molecule has 5 heteroatoms. The van der Waals surface area contributed by atoms with Crippen LogP contribution in [0.1, 0.15) is 10.4 Å². The monoisotopic (exact) mass is 276 g/mol. The van der Waals surface area contributed by atoms with Crippen molar-refractivity contribution in [3.8, 4) is 0 Å². The molecule has 0 bridgehead atoms. The Morgan fingerprint density at radius 2 is 1.81 bits per heavy atom. The van der Waals surface area contributed by atoms with Gasteiger partial charge in [-0.2, -0.15) is 0 Å². The molecule has 0 unspecified atom stereocenters. The third-order valence-electron chi connectivity index (χ3n) is 1.96. The predicted octanol–water partition coefficient (Wildman–Crippen LogP) is 3.28. The lowest BCUT2D eigenvalue weighted by Gasteiger charge is -2.02. The molecule has 0 saturated carbocycles. The lowest BCUT2D eigenvalue weighted by molar-refractivity contribution is 0.700. The summed E-state index contributed by atoms with van der Waals surface area (Å²) in [7, 11) is 0. The third-order valence-corrected chi connectivity index (χ3v) is 2.83. The number of hydrogen-bond acceptors (Lipinski definition) is 3. The first-order valence-electron chi connectivity index (χ1n) is 4.57. The van der Waals surface area contributed by atoms with Crippen LogP contribution in [0.15, 0.2) is 42.0 Å². The average Bonchev–Trinajstić information content (AvgIpc) is 2.72. The van der Waals surface area contributed by atoms with Crippen molar-refractivity contribution >= 4 is 36.2 Å². The van der Waals surface area contributed by atoms with Gasteiger partial charge in [0, 0.05) is 30.4 Å². The fourth-order valence-corrected chi connectivity index (χ4v) is 1.92. The molecule has 0 spiro atoms. The van der Waals surface area contributed by atoms with Crippen molar-refractivity contribution in [2.24, 2.45) is 0 Å². The zero-order chi connectivity index (χ0) is 9.64. The molecule has 16 heavy (non-hydrogen) atoms. The fraction of sp³-hybridized carbons (Fsp3) is 0.182. The summed E-state index contributed by atoms with van der Waals surface area (Å²) in [4.78, 5) is 5.35. The van der Waals surface area contributed by atoms with Crippen molar-refractivity contribution < 1.29 is 0 Å². The van der Waals surface area contributed by atoms with Crippen LogP contribution in [0.2, 0.25) is 0 Å². The van der Waals surface area contributed by atoms with Crippen molar-refractivity contribution in [2.75, 3.05) is 0 Å². The van der Waals surface area contributed by atoms with E-state index >= 15 is 0 Å². The van der Waals surface area contributed by atoms with Crippen LogP contribution in [0.3, 0.4) is 0 Å². The summed E-state index contributed by atoms with van der Waals surface area (Å²) in [6.07, 6.45) is 3.64. The first-order chi connectivity index (χ1) is 6.95. The minimum absolute atomic E-state index is 0. The third kappa shape index (κ3) is 4.94. The number of aromatic nitrogens is 1. The quantitative estimate of drug-likeness (QED) is 0.927. The number of halogens is 2. The van der Waals surface area contributed by atoms with Crippen molar-refractivity contribution in [1.29, 1.82) is 0 Å². The van der Waals surface area contributed by atoms with Gasteiger partial charge in [-0.25, -0.2) is 0 Å². The molecule has 2 aromatic heterocycles. The summed E-state index contributed by atoms with van der Waals surface area (Å²) in [6, 6.07) is 8.28. The fourth-order valence-electron chi connectivity index (χ4n) is 1.24. The van der Waals surface area contributed by atoms with E-state index in [1.54, 1.807) is 11.3 Å². The van der Waals surface area contributed by atoms with Gasteiger partial charge in [-0.05, 0) is 29.1 Å². The zero-order valence-electron chi connectivity index (χ0n) is 8.63. The van der Waals surface area contributed by atoms with Crippen molar-refractivity contribution in [1.82, 2.24) is 10.3 Å². The van der Waals surface area contributed by atoms with E-state index in [1.807, 2.05) is 24.5 Å². The highest BCUT2D eigenvalue weighted by molar-refractivity contribution is 7.09. The van der Waals surface area contributed by atoms with Gasteiger partial charge in [0.05, 0.1) is 0 Å². The minimum atomic E-state index is 0. The second-order valence-electron chi connectivity index (χ2n) is 3.04. The average molecular weight is 277 g/mol. The van der Waals surface area contributed by atoms with Crippen LogP contribution in [0.5, 0.6) is 0 Å². The van der Waals surface area contributed by atoms with Crippen LogP contribution in [0.25, 0.3) is 0 Å². The van der Waals surface area contributed by atoms with Gasteiger partial charge >= 0.3 is 0 Å². The molecule has 1 N–H and O–H groups in total. The first kappa shape index (κ1) is 15.4. The minimum Gasteiger partial charge on any atom is -0.308 e. The van der Waals surface area contributed by atoms with Crippen LogP contribution in [0.4, 0.5) is 0 Å². The standard InChI is InChI=1S/C11H12N2S.2ClH/c1-2-11(14-7-1)9-13-8-10-3-5-12-6-4-10;;/h1-7,13H,8-9H2;2*1H. The van der Waals surface area contributed by atoms with Gasteiger partial charge in [0.2, 0.25) is 0 Å². The summed E-state index contributed by atoms with van der Waals surface area (Å²) >= 11 is 1.78. The molecule has 0 aromatic carbocycles. The number of rotatable bonds is 4. The Kier molecular flexibility index (Phi) is 8.21. The maximum absolute atomic E-state index is 3.98. The zero-order valence-corrected chi connectivity index (χ0v) is 11.1. The summed E-state index contributed by atoms with van der Waals surface area (Å²) in [5, 5.41) is 5.49. The molecule has 2 aromatic rings. The number of pyridine rings is 1. The second-order valence-corrected chi connectivity index (χ2v) is 4.07. The highest BCUT2D eigenvalue weighted by Gasteiger charge is 1.93. The SMILES string of the molecule is Cl.Cl.c1csc(CNCc2ccncc2)c1. The van der Waals surface area contributed by atoms with Crippen molar-refractivity contribution in [3.05, 3.63) is 52.5 Å². The molecule has 0 aliphatic rings. The summed E-state index contributed by atoms with van der Waals surface area (Å²) < 4.78 is 0. The molecule has 88 valence electrons. The molecule has 0 radical (unpaired) electrons. The van der Waals surface area contributed by atoms with E-state index in [1.165, 1.54) is 10.4 Å². The van der Waals surface area contributed by atoms with Crippen LogP contribution in [-0.4, -0.2) is 4.98 Å². The van der Waals surface area contributed by atoms with E-state index in [0.717, 1.165) is 13.1 Å². The Bertz CT molecular complexity index is 365. The van der Waals surface area contributed by atoms with E-state index < -0.39 is 0 Å². The van der Waals surface area contributed by atoms with E-state index in [-0.39, 0.29) is 24.8 Å². The Labute approximate surface area is 112 Å². The molecule has 2 nitrogen and oxygen atoms in total. The van der Waals surface area contributed by atoms with Gasteiger partial charge in [0.15, 0.2) is 0 Å². The van der Waals surface area contributed by atoms with Gasteiger partial charge in [0.25, 0.3) is 0 Å². The van der Waals surface area contributed by atoms with Crippen LogP contribution in [0, 0.1) is 0 Å². The van der Waals surface area contributed by atoms with E-state index in [4.69, 9.17) is 0 Å². The van der Waals surface area contributed by atoms with Crippen LogP contribution < -0.4 is 5.32 Å². The van der Waals surface area contributed by atoms with E-state index in [9.17, 15) is 0 Å². The molecule has 0 aliphatic heterocycles. The number of nitrogens with one attached hydrogen (secondary N) is 1. The molecule has 0 amide bonds. The maximum Gasteiger partial charge on any atom is 0.0302 e. The van der Waals surface area contributed by atoms with Gasteiger partial charge in [-0.15, -0.1) is 36.2 Å². The summed E-state index contributed by atoms with van der Waals surface area (Å²) in [5.74, 6) is 0. The molecular weight excluding hydrogens is 263 g/mol. The van der Waals surface area contributed by atoms with Crippen LogP contribution >= 0.6 is 36.2 Å². The topological polar surface area (TPSA) is 24.9 Å². The van der Waals surface area contributed by atoms with E-state index in [0.29, 0.717) is 0 Å². The van der Waals surface area contributed by atoms with Crippen molar-refractivity contribution in [3.63, 3.8) is 0 Å². The highest BCUT2D eigenvalue weighted by atomic mass is 35.5. The molecule has 0 aliphatic carbocycles. The lowest BCUT2D eigenvalue weighted by atomic mass is 10.3. The predicted molar refractivity (Wildman–Crippen MR) is 73.6 cm³/mol. The maximum atomic E-state index is 3.98. The van der Waals surface area contributed by atoms with Crippen molar-refractivity contribution in [2.45, 2.75) is 13.1 Å². The number of nitrogens with zero attached hydrogens (tertiary/aromatic N) is 1. The Morgan fingerprint density at radius 1 is 1.06 bits per heavy atom. The van der Waals surface area contributed by atoms with Gasteiger partial charge in [-0.3, -0.25) is 4.98 Å². The summed E-state index contributed by atoms with van der Waals surface area (Å²) in [6.45, 7) is 1.85. The van der Waals surface area contributed by atoms with Gasteiger partial charge in [0.1, 0.15) is 0 Å².